The Kier molecular flexibility index (Phi) is 11.8. The van der Waals surface area contributed by atoms with Crippen molar-refractivity contribution in [1.82, 2.24) is 30.1 Å². The van der Waals surface area contributed by atoms with Crippen molar-refractivity contribution in [1.29, 1.82) is 0 Å². The second-order valence-electron chi connectivity index (χ2n) is 16.6. The zero-order chi connectivity index (χ0) is 41.1. The van der Waals surface area contributed by atoms with Gasteiger partial charge < -0.3 is 30.5 Å². The van der Waals surface area contributed by atoms with E-state index in [4.69, 9.17) is 0 Å². The Morgan fingerprint density at radius 3 is 2.36 bits per heavy atom. The molecular weight excluding hydrogens is 759 g/mol. The van der Waals surface area contributed by atoms with Crippen LogP contribution < -0.4 is 21.5 Å². The lowest BCUT2D eigenvalue weighted by Crippen LogP contribution is -2.54. The molecule has 15 heteroatoms. The summed E-state index contributed by atoms with van der Waals surface area (Å²) in [6.07, 6.45) is 8.72. The second kappa shape index (κ2) is 17.4. The van der Waals surface area contributed by atoms with Crippen LogP contribution >= 0.6 is 0 Å². The number of aromatic nitrogens is 3. The first-order valence-electron chi connectivity index (χ1n) is 20.7. The number of nitrogens with zero attached hydrogens (tertiary/aromatic N) is 4. The van der Waals surface area contributed by atoms with E-state index in [1.54, 1.807) is 54.7 Å². The summed E-state index contributed by atoms with van der Waals surface area (Å²) < 4.78 is 30.2. The molecular formula is C44H50F2N8O5. The summed E-state index contributed by atoms with van der Waals surface area (Å²) >= 11 is 0. The molecule has 59 heavy (non-hydrogen) atoms. The molecule has 4 aliphatic rings. The van der Waals surface area contributed by atoms with E-state index >= 15 is 4.39 Å². The van der Waals surface area contributed by atoms with Crippen molar-refractivity contribution in [3.8, 4) is 22.4 Å². The number of H-pyrrole nitrogens is 1. The zero-order valence-electron chi connectivity index (χ0n) is 32.9. The molecule has 5 N–H and O–H groups in total. The molecule has 1 unspecified atom stereocenters. The minimum Gasteiger partial charge on any atom is -0.388 e. The van der Waals surface area contributed by atoms with E-state index in [1.165, 1.54) is 6.07 Å². The van der Waals surface area contributed by atoms with Crippen LogP contribution in [-0.4, -0.2) is 98.0 Å². The lowest BCUT2D eigenvalue weighted by molar-refractivity contribution is -0.141. The molecule has 310 valence electrons. The first-order valence-corrected chi connectivity index (χ1v) is 20.7. The van der Waals surface area contributed by atoms with E-state index in [9.17, 15) is 28.7 Å². The van der Waals surface area contributed by atoms with Gasteiger partial charge in [0.2, 0.25) is 23.7 Å². The number of rotatable bonds is 10. The van der Waals surface area contributed by atoms with Crippen LogP contribution in [-0.2, 0) is 14.4 Å². The van der Waals surface area contributed by atoms with Gasteiger partial charge in [0, 0.05) is 61.0 Å². The van der Waals surface area contributed by atoms with Crippen LogP contribution in [0, 0.1) is 17.6 Å². The summed E-state index contributed by atoms with van der Waals surface area (Å²) in [4.78, 5) is 65.0. The number of likely N-dealkylation sites (tertiary alicyclic amines) is 2. The van der Waals surface area contributed by atoms with Crippen molar-refractivity contribution in [3.05, 3.63) is 94.5 Å². The minimum absolute atomic E-state index is 0.0278. The number of hydrogen-bond donors (Lipinski definition) is 5. The van der Waals surface area contributed by atoms with Crippen molar-refractivity contribution in [2.24, 2.45) is 5.92 Å². The number of aliphatic hydroxyl groups is 1. The standard InChI is InChI=1S/C44H50F2N8O5/c45-35-24-32(49-37-12-13-38(55)51-41(37)57)10-11-33(35)27-14-19-53(20-15-27)26-44(59)16-21-54(22-17-44)42(58)28-6-8-31(9-7-28)50-43-48-25-36(46)39(52-43)30-4-1-3-29(23-30)34-5-2-18-47-40(34)56/h1-5,10-11,18,23-25,27-28,31,37,49,59H,6-9,12-17,19-22,26H2,(H,47,56)(H,48,50,52)(H,51,55,57). The summed E-state index contributed by atoms with van der Waals surface area (Å²) in [6, 6.07) is 14.9. The molecule has 0 bridgehead atoms. The van der Waals surface area contributed by atoms with Gasteiger partial charge in [-0.1, -0.05) is 24.3 Å². The first-order chi connectivity index (χ1) is 28.5. The van der Waals surface area contributed by atoms with Gasteiger partial charge in [-0.15, -0.1) is 0 Å². The Morgan fingerprint density at radius 2 is 1.63 bits per heavy atom. The summed E-state index contributed by atoms with van der Waals surface area (Å²) in [7, 11) is 0. The molecule has 3 amide bonds. The normalized spacial score (nSPS) is 22.8. The Hall–Kier alpha value is -5.54. The van der Waals surface area contributed by atoms with Crippen molar-refractivity contribution in [2.75, 3.05) is 43.4 Å². The molecule has 4 aromatic rings. The third kappa shape index (κ3) is 9.36. The Labute approximate surface area is 341 Å². The lowest BCUT2D eigenvalue weighted by Gasteiger charge is -2.43. The van der Waals surface area contributed by atoms with Crippen LogP contribution in [0.25, 0.3) is 22.4 Å². The molecule has 2 aromatic carbocycles. The summed E-state index contributed by atoms with van der Waals surface area (Å²) in [5.41, 5.74) is 1.81. The molecule has 4 fully saturated rings. The van der Waals surface area contributed by atoms with Gasteiger partial charge in [-0.3, -0.25) is 24.5 Å². The molecule has 13 nitrogen and oxygen atoms in total. The quantitative estimate of drug-likeness (QED) is 0.134. The van der Waals surface area contributed by atoms with E-state index in [-0.39, 0.29) is 53.2 Å². The average molecular weight is 809 g/mol. The molecule has 0 radical (unpaired) electrons. The number of benzene rings is 2. The Balaban J connectivity index is 0.776. The van der Waals surface area contributed by atoms with Crippen LogP contribution in [0.4, 0.5) is 20.4 Å². The molecule has 1 saturated carbocycles. The van der Waals surface area contributed by atoms with Crippen molar-refractivity contribution in [2.45, 2.75) is 87.8 Å². The van der Waals surface area contributed by atoms with Gasteiger partial charge in [-0.25, -0.2) is 18.7 Å². The van der Waals surface area contributed by atoms with Crippen LogP contribution in [0.2, 0.25) is 0 Å². The number of imide groups is 1. The maximum absolute atomic E-state index is 15.3. The smallest absolute Gasteiger partial charge is 0.255 e. The third-order valence-corrected chi connectivity index (χ3v) is 12.6. The van der Waals surface area contributed by atoms with E-state index < -0.39 is 23.4 Å². The number of anilines is 2. The summed E-state index contributed by atoms with van der Waals surface area (Å²) in [5, 5.41) is 20.3. The molecule has 3 aliphatic heterocycles. The largest absolute Gasteiger partial charge is 0.388 e. The molecule has 1 aliphatic carbocycles. The SMILES string of the molecule is O=C1CCC(Nc2ccc(C3CCN(CC4(O)CCN(C(=O)C5CCC(Nc6ncc(F)c(-c7cccc(-c8ccc[nH]c8=O)c7)n6)CC5)CC4)CC3)c(F)c2)C(=O)N1. The highest BCUT2D eigenvalue weighted by Gasteiger charge is 2.39. The number of piperidine rings is 3. The number of pyridine rings is 1. The molecule has 3 saturated heterocycles. The van der Waals surface area contributed by atoms with E-state index in [1.807, 2.05) is 4.90 Å². The molecule has 5 heterocycles. The number of carbonyl (C=O) groups excluding carboxylic acids is 3. The van der Waals surface area contributed by atoms with Gasteiger partial charge in [0.05, 0.1) is 11.8 Å². The van der Waals surface area contributed by atoms with Crippen LogP contribution in [0.1, 0.15) is 75.7 Å². The maximum Gasteiger partial charge on any atom is 0.255 e. The maximum atomic E-state index is 15.3. The van der Waals surface area contributed by atoms with Gasteiger partial charge in [0.25, 0.3) is 5.56 Å². The number of carbonyl (C=O) groups is 3. The highest BCUT2D eigenvalue weighted by Crippen LogP contribution is 2.35. The van der Waals surface area contributed by atoms with Crippen LogP contribution in [0.3, 0.4) is 0 Å². The average Bonchev–Trinajstić information content (AvgIpc) is 3.23. The van der Waals surface area contributed by atoms with Gasteiger partial charge in [-0.2, -0.15) is 0 Å². The fourth-order valence-electron chi connectivity index (χ4n) is 9.15. The molecule has 8 rings (SSSR count). The predicted octanol–water partition coefficient (Wildman–Crippen LogP) is 5.20. The van der Waals surface area contributed by atoms with Crippen molar-refractivity contribution in [3.63, 3.8) is 0 Å². The van der Waals surface area contributed by atoms with Gasteiger partial charge >= 0.3 is 0 Å². The van der Waals surface area contributed by atoms with Crippen molar-refractivity contribution < 1.29 is 28.3 Å². The number of nitrogens with one attached hydrogen (secondary N) is 4. The van der Waals surface area contributed by atoms with Gasteiger partial charge in [-0.05, 0) is 118 Å². The topological polar surface area (TPSA) is 173 Å². The molecule has 1 atom stereocenters. The van der Waals surface area contributed by atoms with E-state index in [0.29, 0.717) is 85.6 Å². The summed E-state index contributed by atoms with van der Waals surface area (Å²) in [6.45, 7) is 2.98. The number of β-amino-alcohol motifs (C(OH)–C–C–N with tert-alkyl or cyclic N) is 1. The number of aromatic amines is 1. The fourth-order valence-corrected chi connectivity index (χ4v) is 9.15. The van der Waals surface area contributed by atoms with Crippen molar-refractivity contribution >= 4 is 29.4 Å². The summed E-state index contributed by atoms with van der Waals surface area (Å²) in [5.74, 6) is -1.20. The van der Waals surface area contributed by atoms with E-state index in [0.717, 1.165) is 45.0 Å². The lowest BCUT2D eigenvalue weighted by atomic mass is 9.83. The monoisotopic (exact) mass is 808 g/mol. The molecule has 0 spiro atoms. The van der Waals surface area contributed by atoms with Crippen LogP contribution in [0.5, 0.6) is 0 Å². The molecule has 2 aromatic heterocycles. The third-order valence-electron chi connectivity index (χ3n) is 12.6. The van der Waals surface area contributed by atoms with Crippen LogP contribution in [0.15, 0.2) is 71.8 Å². The predicted molar refractivity (Wildman–Crippen MR) is 218 cm³/mol. The van der Waals surface area contributed by atoms with Gasteiger partial charge in [0.15, 0.2) is 5.82 Å². The Bertz CT molecular complexity index is 2250. The van der Waals surface area contributed by atoms with Gasteiger partial charge in [0.1, 0.15) is 17.6 Å². The second-order valence-corrected chi connectivity index (χ2v) is 16.6. The number of amides is 3. The Morgan fingerprint density at radius 1 is 0.864 bits per heavy atom. The zero-order valence-corrected chi connectivity index (χ0v) is 32.9. The number of halogens is 2. The fraction of sp³-hybridized carbons (Fsp3) is 0.455. The highest BCUT2D eigenvalue weighted by molar-refractivity contribution is 6.01. The first kappa shape index (κ1) is 40.2. The number of hydrogen-bond acceptors (Lipinski definition) is 10. The van der Waals surface area contributed by atoms with E-state index in [2.05, 4.69) is 35.8 Å². The highest BCUT2D eigenvalue weighted by atomic mass is 19.1. The minimum atomic E-state index is -0.895.